The predicted octanol–water partition coefficient (Wildman–Crippen LogP) is 2.13. The lowest BCUT2D eigenvalue weighted by Gasteiger charge is -2.02. The minimum atomic E-state index is 0.614. The van der Waals surface area contributed by atoms with Gasteiger partial charge in [0.2, 0.25) is 0 Å². The summed E-state index contributed by atoms with van der Waals surface area (Å²) >= 11 is 0. The van der Waals surface area contributed by atoms with E-state index in [4.69, 9.17) is 0 Å². The fraction of sp³-hybridized carbons (Fsp3) is 0.231. The molecule has 0 aliphatic rings. The second kappa shape index (κ2) is 4.31. The van der Waals surface area contributed by atoms with Crippen LogP contribution >= 0.6 is 0 Å². The summed E-state index contributed by atoms with van der Waals surface area (Å²) in [4.78, 5) is 10.7. The molecule has 0 spiro atoms. The largest absolute Gasteiger partial charge is 0.296 e. The van der Waals surface area contributed by atoms with Crippen LogP contribution in [0.2, 0.25) is 0 Å². The van der Waals surface area contributed by atoms with Crippen LogP contribution in [0.1, 0.15) is 27.3 Å². The van der Waals surface area contributed by atoms with Gasteiger partial charge in [-0.25, -0.2) is 0 Å². The van der Waals surface area contributed by atoms with Gasteiger partial charge in [0.25, 0.3) is 0 Å². The van der Waals surface area contributed by atoms with E-state index in [0.29, 0.717) is 5.69 Å². The number of aldehydes is 1. The maximum Gasteiger partial charge on any atom is 0.168 e. The van der Waals surface area contributed by atoms with Crippen LogP contribution in [0.3, 0.4) is 0 Å². The molecular formula is C13H14N2O. The van der Waals surface area contributed by atoms with E-state index in [1.165, 1.54) is 11.1 Å². The fourth-order valence-electron chi connectivity index (χ4n) is 1.74. The van der Waals surface area contributed by atoms with Crippen molar-refractivity contribution in [1.82, 2.24) is 9.78 Å². The third-order valence-corrected chi connectivity index (χ3v) is 2.72. The molecule has 2 rings (SSSR count). The molecule has 3 nitrogen and oxygen atoms in total. The number of carbonyl (C=O) groups excluding carboxylic acids is 1. The second-order valence-electron chi connectivity index (χ2n) is 3.91. The first-order valence-electron chi connectivity index (χ1n) is 5.23. The quantitative estimate of drug-likeness (QED) is 0.734. The Morgan fingerprint density at radius 3 is 2.75 bits per heavy atom. The minimum absolute atomic E-state index is 0.614. The normalized spacial score (nSPS) is 10.4. The first-order valence-corrected chi connectivity index (χ1v) is 5.23. The standard InChI is InChI=1S/C13H14N2O/c1-10-5-3-4-6-11(10)7-12-8-13(9-16)15(2)14-12/h3-6,8-9H,7H2,1-2H3. The molecule has 0 saturated heterocycles. The second-order valence-corrected chi connectivity index (χ2v) is 3.91. The molecule has 0 aliphatic carbocycles. The molecule has 16 heavy (non-hydrogen) atoms. The summed E-state index contributed by atoms with van der Waals surface area (Å²) < 4.78 is 1.61. The lowest BCUT2D eigenvalue weighted by molar-refractivity contribution is 0.111. The van der Waals surface area contributed by atoms with Crippen molar-refractivity contribution in [1.29, 1.82) is 0 Å². The monoisotopic (exact) mass is 214 g/mol. The molecule has 0 atom stereocenters. The van der Waals surface area contributed by atoms with E-state index < -0.39 is 0 Å². The molecule has 0 fully saturated rings. The zero-order valence-corrected chi connectivity index (χ0v) is 9.47. The third kappa shape index (κ3) is 2.03. The van der Waals surface area contributed by atoms with Gasteiger partial charge < -0.3 is 0 Å². The van der Waals surface area contributed by atoms with Crippen molar-refractivity contribution in [2.75, 3.05) is 0 Å². The summed E-state index contributed by atoms with van der Waals surface area (Å²) in [6.45, 7) is 2.08. The summed E-state index contributed by atoms with van der Waals surface area (Å²) in [5.41, 5.74) is 4.04. The highest BCUT2D eigenvalue weighted by molar-refractivity contribution is 5.72. The van der Waals surface area contributed by atoms with Crippen LogP contribution in [0.5, 0.6) is 0 Å². The van der Waals surface area contributed by atoms with Crippen LogP contribution < -0.4 is 0 Å². The highest BCUT2D eigenvalue weighted by Crippen LogP contribution is 2.12. The molecule has 1 aromatic heterocycles. The smallest absolute Gasteiger partial charge is 0.168 e. The highest BCUT2D eigenvalue weighted by atomic mass is 16.1. The van der Waals surface area contributed by atoms with Gasteiger partial charge in [0, 0.05) is 13.5 Å². The Hall–Kier alpha value is -1.90. The van der Waals surface area contributed by atoms with Gasteiger partial charge in [0.05, 0.1) is 5.69 Å². The third-order valence-electron chi connectivity index (χ3n) is 2.72. The fourth-order valence-corrected chi connectivity index (χ4v) is 1.74. The first-order chi connectivity index (χ1) is 7.70. The molecule has 0 unspecified atom stereocenters. The van der Waals surface area contributed by atoms with E-state index >= 15 is 0 Å². The Balaban J connectivity index is 2.27. The average Bonchev–Trinajstić information content (AvgIpc) is 2.62. The molecule has 0 saturated carbocycles. The van der Waals surface area contributed by atoms with E-state index in [9.17, 15) is 4.79 Å². The molecule has 0 amide bonds. The van der Waals surface area contributed by atoms with Gasteiger partial charge in [-0.2, -0.15) is 5.10 Å². The number of carbonyl (C=O) groups is 1. The summed E-state index contributed by atoms with van der Waals surface area (Å²) in [5.74, 6) is 0. The summed E-state index contributed by atoms with van der Waals surface area (Å²) in [6, 6.07) is 10.0. The molecule has 1 heterocycles. The molecule has 1 aromatic carbocycles. The van der Waals surface area contributed by atoms with Gasteiger partial charge in [-0.3, -0.25) is 9.48 Å². The van der Waals surface area contributed by atoms with Crippen molar-refractivity contribution < 1.29 is 4.79 Å². The topological polar surface area (TPSA) is 34.9 Å². The summed E-state index contributed by atoms with van der Waals surface area (Å²) in [7, 11) is 1.78. The number of hydrogen-bond donors (Lipinski definition) is 0. The van der Waals surface area contributed by atoms with Gasteiger partial charge >= 0.3 is 0 Å². The van der Waals surface area contributed by atoms with Crippen LogP contribution in [-0.2, 0) is 13.5 Å². The number of benzene rings is 1. The molecule has 0 bridgehead atoms. The lowest BCUT2D eigenvalue weighted by atomic mass is 10.0. The summed E-state index contributed by atoms with van der Waals surface area (Å²) in [5, 5.41) is 4.30. The van der Waals surface area contributed by atoms with Crippen molar-refractivity contribution in [3.05, 3.63) is 52.8 Å². The maximum absolute atomic E-state index is 10.7. The van der Waals surface area contributed by atoms with Crippen molar-refractivity contribution in [3.63, 3.8) is 0 Å². The number of rotatable bonds is 3. The maximum atomic E-state index is 10.7. The molecule has 0 radical (unpaired) electrons. The van der Waals surface area contributed by atoms with Crippen LogP contribution in [-0.4, -0.2) is 16.1 Å². The van der Waals surface area contributed by atoms with Gasteiger partial charge in [-0.05, 0) is 24.1 Å². The van der Waals surface area contributed by atoms with E-state index in [1.54, 1.807) is 11.7 Å². The van der Waals surface area contributed by atoms with E-state index in [-0.39, 0.29) is 0 Å². The molecule has 0 aliphatic heterocycles. The Kier molecular flexibility index (Phi) is 2.86. The number of aryl methyl sites for hydroxylation is 2. The molecule has 3 heteroatoms. The predicted molar refractivity (Wildman–Crippen MR) is 62.6 cm³/mol. The average molecular weight is 214 g/mol. The first kappa shape index (κ1) is 10.6. The van der Waals surface area contributed by atoms with E-state index in [2.05, 4.69) is 24.2 Å². The Bertz CT molecular complexity index is 514. The Labute approximate surface area is 94.7 Å². The van der Waals surface area contributed by atoms with Gasteiger partial charge in [-0.15, -0.1) is 0 Å². The van der Waals surface area contributed by atoms with Gasteiger partial charge in [0.1, 0.15) is 5.69 Å². The Morgan fingerprint density at radius 1 is 1.38 bits per heavy atom. The Morgan fingerprint density at radius 2 is 2.12 bits per heavy atom. The van der Waals surface area contributed by atoms with Crippen LogP contribution in [0.25, 0.3) is 0 Å². The summed E-state index contributed by atoms with van der Waals surface area (Å²) in [6.07, 6.45) is 1.60. The highest BCUT2D eigenvalue weighted by Gasteiger charge is 2.06. The van der Waals surface area contributed by atoms with Crippen molar-refractivity contribution in [2.45, 2.75) is 13.3 Å². The van der Waals surface area contributed by atoms with Crippen LogP contribution in [0.4, 0.5) is 0 Å². The van der Waals surface area contributed by atoms with Crippen LogP contribution in [0.15, 0.2) is 30.3 Å². The van der Waals surface area contributed by atoms with Crippen LogP contribution in [0, 0.1) is 6.92 Å². The van der Waals surface area contributed by atoms with Crippen molar-refractivity contribution in [2.24, 2.45) is 7.05 Å². The van der Waals surface area contributed by atoms with Gasteiger partial charge in [-0.1, -0.05) is 24.3 Å². The lowest BCUT2D eigenvalue weighted by Crippen LogP contribution is -1.97. The van der Waals surface area contributed by atoms with E-state index in [1.807, 2.05) is 18.2 Å². The van der Waals surface area contributed by atoms with Crippen molar-refractivity contribution >= 4 is 6.29 Å². The van der Waals surface area contributed by atoms with E-state index in [0.717, 1.165) is 18.4 Å². The van der Waals surface area contributed by atoms with Gasteiger partial charge in [0.15, 0.2) is 6.29 Å². The molecule has 82 valence electrons. The zero-order valence-electron chi connectivity index (χ0n) is 9.47. The number of aromatic nitrogens is 2. The van der Waals surface area contributed by atoms with Crippen molar-refractivity contribution in [3.8, 4) is 0 Å². The SMILES string of the molecule is Cc1ccccc1Cc1cc(C=O)n(C)n1. The molecule has 2 aromatic rings. The molecule has 0 N–H and O–H groups in total. The zero-order chi connectivity index (χ0) is 11.5. The number of hydrogen-bond acceptors (Lipinski definition) is 2. The number of nitrogens with zero attached hydrogens (tertiary/aromatic N) is 2. The minimum Gasteiger partial charge on any atom is -0.296 e. The molecular weight excluding hydrogens is 200 g/mol.